The van der Waals surface area contributed by atoms with Gasteiger partial charge in [-0.2, -0.15) is 10.2 Å². The number of nitro benzene ring substituents is 1. The maximum atomic E-state index is 12.1. The molecule has 0 aliphatic rings. The Balaban J connectivity index is 1.63. The third-order valence-electron chi connectivity index (χ3n) is 3.74. The highest BCUT2D eigenvalue weighted by atomic mass is 16.6. The monoisotopic (exact) mass is 355 g/mol. The second-order valence-corrected chi connectivity index (χ2v) is 5.71. The molecule has 0 saturated carbocycles. The van der Waals surface area contributed by atoms with Gasteiger partial charge < -0.3 is 4.74 Å². The Labute approximate surface area is 149 Å². The van der Waals surface area contributed by atoms with E-state index in [1.165, 1.54) is 22.9 Å². The van der Waals surface area contributed by atoms with Crippen LogP contribution in [0.3, 0.4) is 0 Å². The Bertz CT molecular complexity index is 960. The van der Waals surface area contributed by atoms with Gasteiger partial charge in [0.25, 0.3) is 5.69 Å². The van der Waals surface area contributed by atoms with E-state index >= 15 is 0 Å². The van der Waals surface area contributed by atoms with Crippen molar-refractivity contribution in [3.05, 3.63) is 69.8 Å². The molecule has 0 unspecified atom stereocenters. The average Bonchev–Trinajstić information content (AvgIpc) is 3.22. The zero-order valence-electron chi connectivity index (χ0n) is 14.3. The molecule has 0 aliphatic heterocycles. The topological polar surface area (TPSA) is 105 Å². The predicted octanol–water partition coefficient (Wildman–Crippen LogP) is 2.45. The van der Waals surface area contributed by atoms with Crippen molar-refractivity contribution in [3.63, 3.8) is 0 Å². The molecular formula is C17H17N5O4. The maximum absolute atomic E-state index is 12.1. The summed E-state index contributed by atoms with van der Waals surface area (Å²) in [4.78, 5) is 22.5. The molecule has 0 aliphatic carbocycles. The van der Waals surface area contributed by atoms with Crippen LogP contribution < -0.4 is 0 Å². The van der Waals surface area contributed by atoms with Crippen LogP contribution in [0.5, 0.6) is 0 Å². The number of nitrogens with zero attached hydrogens (tertiary/aromatic N) is 5. The lowest BCUT2D eigenvalue weighted by Crippen LogP contribution is -2.14. The summed E-state index contributed by atoms with van der Waals surface area (Å²) in [6, 6.07) is 9.44. The summed E-state index contributed by atoms with van der Waals surface area (Å²) in [5.41, 5.74) is 2.47. The number of aryl methyl sites for hydroxylation is 2. The van der Waals surface area contributed by atoms with Crippen LogP contribution in [0.15, 0.2) is 42.6 Å². The number of carbonyl (C=O) groups excluding carboxylic acids is 1. The first-order valence-electron chi connectivity index (χ1n) is 7.93. The molecule has 0 spiro atoms. The first-order chi connectivity index (χ1) is 12.4. The number of non-ortho nitro benzene ring substituents is 1. The van der Waals surface area contributed by atoms with Gasteiger partial charge in [-0.3, -0.25) is 14.8 Å². The second kappa shape index (κ2) is 7.18. The minimum absolute atomic E-state index is 0.0491. The maximum Gasteiger partial charge on any atom is 0.358 e. The lowest BCUT2D eigenvalue weighted by atomic mass is 10.3. The number of aromatic nitrogens is 4. The van der Waals surface area contributed by atoms with Crippen LogP contribution in [-0.4, -0.2) is 37.1 Å². The number of nitro groups is 1. The molecule has 26 heavy (non-hydrogen) atoms. The molecule has 0 amide bonds. The summed E-state index contributed by atoms with van der Waals surface area (Å²) in [6.07, 6.45) is 1.55. The van der Waals surface area contributed by atoms with Crippen molar-refractivity contribution in [2.75, 3.05) is 6.61 Å². The van der Waals surface area contributed by atoms with E-state index in [4.69, 9.17) is 4.74 Å². The van der Waals surface area contributed by atoms with Crippen LogP contribution in [0.1, 0.15) is 21.9 Å². The zero-order chi connectivity index (χ0) is 18.7. The Morgan fingerprint density at radius 1 is 1.23 bits per heavy atom. The van der Waals surface area contributed by atoms with Crippen molar-refractivity contribution in [1.82, 2.24) is 19.6 Å². The van der Waals surface area contributed by atoms with Gasteiger partial charge in [0.1, 0.15) is 6.61 Å². The van der Waals surface area contributed by atoms with E-state index in [1.54, 1.807) is 23.0 Å². The fourth-order valence-electron chi connectivity index (χ4n) is 2.53. The normalized spacial score (nSPS) is 10.7. The smallest absolute Gasteiger partial charge is 0.358 e. The molecule has 9 nitrogen and oxygen atoms in total. The first kappa shape index (κ1) is 17.3. The molecular weight excluding hydrogens is 338 g/mol. The first-order valence-corrected chi connectivity index (χ1v) is 7.93. The standard InChI is InChI=1S/C17H17N5O4/c1-12-10-13(2)20(18-12)8-9-26-17(23)16-6-7-21(19-16)14-4-3-5-15(11-14)22(24)25/h3-7,10-11H,8-9H2,1-2H3. The number of ether oxygens (including phenoxy) is 1. The number of benzene rings is 1. The molecule has 1 aromatic carbocycles. The molecule has 2 aromatic heterocycles. The van der Waals surface area contributed by atoms with Crippen LogP contribution >= 0.6 is 0 Å². The van der Waals surface area contributed by atoms with Crippen LogP contribution in [0.4, 0.5) is 5.69 Å². The summed E-state index contributed by atoms with van der Waals surface area (Å²) >= 11 is 0. The molecule has 0 radical (unpaired) electrons. The highest BCUT2D eigenvalue weighted by molar-refractivity contribution is 5.87. The largest absolute Gasteiger partial charge is 0.459 e. The molecule has 0 N–H and O–H groups in total. The van der Waals surface area contributed by atoms with Gasteiger partial charge >= 0.3 is 5.97 Å². The molecule has 0 saturated heterocycles. The Morgan fingerprint density at radius 3 is 2.73 bits per heavy atom. The summed E-state index contributed by atoms with van der Waals surface area (Å²) in [5, 5.41) is 19.3. The van der Waals surface area contributed by atoms with Crippen LogP contribution in [0.2, 0.25) is 0 Å². The van der Waals surface area contributed by atoms with Gasteiger partial charge in [-0.1, -0.05) is 6.07 Å². The van der Waals surface area contributed by atoms with Gasteiger partial charge in [0.15, 0.2) is 5.69 Å². The average molecular weight is 355 g/mol. The van der Waals surface area contributed by atoms with E-state index in [0.717, 1.165) is 11.4 Å². The molecule has 0 atom stereocenters. The van der Waals surface area contributed by atoms with E-state index in [-0.39, 0.29) is 18.0 Å². The van der Waals surface area contributed by atoms with E-state index in [1.807, 2.05) is 19.9 Å². The molecule has 3 aromatic rings. The van der Waals surface area contributed by atoms with Crippen LogP contribution in [0.25, 0.3) is 5.69 Å². The van der Waals surface area contributed by atoms with Gasteiger partial charge in [-0.25, -0.2) is 9.48 Å². The lowest BCUT2D eigenvalue weighted by Gasteiger charge is -2.05. The van der Waals surface area contributed by atoms with Crippen LogP contribution in [0, 0.1) is 24.0 Å². The highest BCUT2D eigenvalue weighted by Crippen LogP contribution is 2.16. The lowest BCUT2D eigenvalue weighted by molar-refractivity contribution is -0.384. The summed E-state index contributed by atoms with van der Waals surface area (Å²) in [6.45, 7) is 4.46. The Hall–Kier alpha value is -3.49. The van der Waals surface area contributed by atoms with Crippen molar-refractivity contribution < 1.29 is 14.5 Å². The van der Waals surface area contributed by atoms with Gasteiger partial charge in [0, 0.05) is 24.0 Å². The zero-order valence-corrected chi connectivity index (χ0v) is 14.3. The second-order valence-electron chi connectivity index (χ2n) is 5.71. The number of rotatable bonds is 6. The number of esters is 1. The van der Waals surface area contributed by atoms with Gasteiger partial charge in [-0.15, -0.1) is 0 Å². The Morgan fingerprint density at radius 2 is 2.04 bits per heavy atom. The quantitative estimate of drug-likeness (QED) is 0.382. The SMILES string of the molecule is Cc1cc(C)n(CCOC(=O)c2ccn(-c3cccc([N+](=O)[O-])c3)n2)n1. The third-order valence-corrected chi connectivity index (χ3v) is 3.74. The van der Waals surface area contributed by atoms with Gasteiger partial charge in [0.2, 0.25) is 0 Å². The van der Waals surface area contributed by atoms with Crippen LogP contribution in [-0.2, 0) is 11.3 Å². The van der Waals surface area contributed by atoms with Crippen molar-refractivity contribution >= 4 is 11.7 Å². The summed E-state index contributed by atoms with van der Waals surface area (Å²) in [5.74, 6) is -0.560. The van der Waals surface area contributed by atoms with E-state index in [2.05, 4.69) is 10.2 Å². The highest BCUT2D eigenvalue weighted by Gasteiger charge is 2.13. The third kappa shape index (κ3) is 3.77. The number of carbonyl (C=O) groups is 1. The van der Waals surface area contributed by atoms with E-state index in [9.17, 15) is 14.9 Å². The summed E-state index contributed by atoms with van der Waals surface area (Å²) in [7, 11) is 0. The van der Waals surface area contributed by atoms with Gasteiger partial charge in [0.05, 0.1) is 22.8 Å². The van der Waals surface area contributed by atoms with Crippen molar-refractivity contribution in [2.45, 2.75) is 20.4 Å². The molecule has 0 fully saturated rings. The predicted molar refractivity (Wildman–Crippen MR) is 92.2 cm³/mol. The van der Waals surface area contributed by atoms with Crippen molar-refractivity contribution in [1.29, 1.82) is 0 Å². The molecule has 134 valence electrons. The fraction of sp³-hybridized carbons (Fsp3) is 0.235. The number of hydrogen-bond donors (Lipinski definition) is 0. The fourth-order valence-corrected chi connectivity index (χ4v) is 2.53. The molecule has 2 heterocycles. The minimum Gasteiger partial charge on any atom is -0.459 e. The molecule has 9 heteroatoms. The number of hydrogen-bond acceptors (Lipinski definition) is 6. The van der Waals surface area contributed by atoms with Gasteiger partial charge in [-0.05, 0) is 32.0 Å². The summed E-state index contributed by atoms with van der Waals surface area (Å²) < 4.78 is 8.39. The van der Waals surface area contributed by atoms with E-state index in [0.29, 0.717) is 12.2 Å². The van der Waals surface area contributed by atoms with Crippen molar-refractivity contribution in [3.8, 4) is 5.69 Å². The van der Waals surface area contributed by atoms with Crippen molar-refractivity contribution in [2.24, 2.45) is 0 Å². The molecule has 3 rings (SSSR count). The van der Waals surface area contributed by atoms with E-state index < -0.39 is 10.9 Å². The minimum atomic E-state index is -0.560. The molecule has 0 bridgehead atoms. The Kier molecular flexibility index (Phi) is 4.78.